The summed E-state index contributed by atoms with van der Waals surface area (Å²) in [5.41, 5.74) is 0. The Labute approximate surface area is 81.4 Å². The van der Waals surface area contributed by atoms with Gasteiger partial charge in [-0.2, -0.15) is 12.7 Å². The standard InChI is InChI=1S/C6H11N3O4S/c1-2-4-6(11)8-5(10)3-9(4)14(7,12)13/h4H,2-3H2,1H3,(H2,7,12,13)(H,8,10,11). The summed E-state index contributed by atoms with van der Waals surface area (Å²) in [4.78, 5) is 22.1. The van der Waals surface area contributed by atoms with Gasteiger partial charge in [0.25, 0.3) is 10.2 Å². The Kier molecular flexibility index (Phi) is 2.88. The van der Waals surface area contributed by atoms with Crippen molar-refractivity contribution < 1.29 is 18.0 Å². The summed E-state index contributed by atoms with van der Waals surface area (Å²) in [5.74, 6) is -1.29. The fourth-order valence-electron chi connectivity index (χ4n) is 1.30. The molecule has 7 nitrogen and oxygen atoms in total. The Morgan fingerprint density at radius 2 is 2.14 bits per heavy atom. The van der Waals surface area contributed by atoms with Crippen molar-refractivity contribution in [2.24, 2.45) is 5.14 Å². The first-order valence-corrected chi connectivity index (χ1v) is 5.50. The van der Waals surface area contributed by atoms with E-state index in [2.05, 4.69) is 0 Å². The predicted molar refractivity (Wildman–Crippen MR) is 47.0 cm³/mol. The Balaban J connectivity index is 3.01. The van der Waals surface area contributed by atoms with Gasteiger partial charge in [-0.05, 0) is 6.42 Å². The molecule has 1 aliphatic rings. The molecule has 0 aromatic heterocycles. The molecule has 3 N–H and O–H groups in total. The first-order chi connectivity index (χ1) is 6.36. The number of hydrogen-bond acceptors (Lipinski definition) is 4. The molecule has 8 heteroatoms. The molecule has 1 fully saturated rings. The molecule has 0 aromatic rings. The minimum absolute atomic E-state index is 0.273. The van der Waals surface area contributed by atoms with E-state index in [4.69, 9.17) is 5.14 Å². The van der Waals surface area contributed by atoms with Crippen molar-refractivity contribution in [3.63, 3.8) is 0 Å². The van der Waals surface area contributed by atoms with Crippen LogP contribution in [-0.4, -0.2) is 37.1 Å². The van der Waals surface area contributed by atoms with Gasteiger partial charge in [-0.3, -0.25) is 14.9 Å². The molecule has 0 spiro atoms. The number of carbonyl (C=O) groups is 2. The van der Waals surface area contributed by atoms with Crippen LogP contribution in [0.5, 0.6) is 0 Å². The van der Waals surface area contributed by atoms with Crippen LogP contribution >= 0.6 is 0 Å². The smallest absolute Gasteiger partial charge is 0.278 e. The summed E-state index contributed by atoms with van der Waals surface area (Å²) >= 11 is 0. The third kappa shape index (κ3) is 2.08. The SMILES string of the molecule is CCC1C(=O)NC(=O)CN1S(N)(=O)=O. The van der Waals surface area contributed by atoms with Crippen molar-refractivity contribution in [1.82, 2.24) is 9.62 Å². The average molecular weight is 221 g/mol. The quantitative estimate of drug-likeness (QED) is 0.522. The van der Waals surface area contributed by atoms with E-state index in [0.29, 0.717) is 4.31 Å². The predicted octanol–water partition coefficient (Wildman–Crippen LogP) is -2.07. The molecule has 2 amide bonds. The van der Waals surface area contributed by atoms with Crippen molar-refractivity contribution in [3.8, 4) is 0 Å². The summed E-state index contributed by atoms with van der Waals surface area (Å²) in [7, 11) is -4.00. The summed E-state index contributed by atoms with van der Waals surface area (Å²) in [5, 5.41) is 6.91. The normalized spacial score (nSPS) is 24.9. The van der Waals surface area contributed by atoms with Crippen LogP contribution in [0.1, 0.15) is 13.3 Å². The maximum atomic E-state index is 11.2. The Morgan fingerprint density at radius 3 is 2.57 bits per heavy atom. The summed E-state index contributed by atoms with van der Waals surface area (Å²) in [6.45, 7) is 1.24. The van der Waals surface area contributed by atoms with Gasteiger partial charge < -0.3 is 0 Å². The average Bonchev–Trinajstić information content (AvgIpc) is 2.01. The third-order valence-electron chi connectivity index (χ3n) is 1.93. The summed E-state index contributed by atoms with van der Waals surface area (Å²) < 4.78 is 22.7. The van der Waals surface area contributed by atoms with E-state index < -0.39 is 34.6 Å². The number of imide groups is 1. The van der Waals surface area contributed by atoms with Crippen molar-refractivity contribution in [3.05, 3.63) is 0 Å². The van der Waals surface area contributed by atoms with E-state index in [-0.39, 0.29) is 6.42 Å². The number of nitrogens with two attached hydrogens (primary N) is 1. The Bertz CT molecular complexity index is 363. The van der Waals surface area contributed by atoms with Gasteiger partial charge in [0.1, 0.15) is 6.04 Å². The van der Waals surface area contributed by atoms with E-state index in [1.165, 1.54) is 0 Å². The first-order valence-electron chi connectivity index (χ1n) is 3.99. The molecule has 1 aliphatic heterocycles. The number of carbonyl (C=O) groups excluding carboxylic acids is 2. The molecule has 1 unspecified atom stereocenters. The fraction of sp³-hybridized carbons (Fsp3) is 0.667. The lowest BCUT2D eigenvalue weighted by Gasteiger charge is -2.30. The van der Waals surface area contributed by atoms with E-state index in [1.54, 1.807) is 6.92 Å². The van der Waals surface area contributed by atoms with Gasteiger partial charge in [0, 0.05) is 0 Å². The van der Waals surface area contributed by atoms with Crippen molar-refractivity contribution in [2.75, 3.05) is 6.54 Å². The Hall–Kier alpha value is -0.990. The van der Waals surface area contributed by atoms with Gasteiger partial charge >= 0.3 is 0 Å². The first kappa shape index (κ1) is 11.1. The number of nitrogens with zero attached hydrogens (tertiary/aromatic N) is 1. The van der Waals surface area contributed by atoms with Crippen LogP contribution in [0.3, 0.4) is 0 Å². The number of hydrogen-bond donors (Lipinski definition) is 2. The lowest BCUT2D eigenvalue weighted by molar-refractivity contribution is -0.137. The number of amides is 2. The molecule has 1 heterocycles. The monoisotopic (exact) mass is 221 g/mol. The van der Waals surface area contributed by atoms with Gasteiger partial charge in [-0.1, -0.05) is 6.92 Å². The number of rotatable bonds is 2. The molecule has 14 heavy (non-hydrogen) atoms. The van der Waals surface area contributed by atoms with E-state index in [0.717, 1.165) is 0 Å². The molecule has 1 rings (SSSR count). The molecule has 0 saturated carbocycles. The molecule has 0 bridgehead atoms. The lowest BCUT2D eigenvalue weighted by Crippen LogP contribution is -2.60. The molecule has 0 aliphatic carbocycles. The van der Waals surface area contributed by atoms with Gasteiger partial charge in [0.05, 0.1) is 6.54 Å². The maximum absolute atomic E-state index is 11.2. The van der Waals surface area contributed by atoms with Crippen LogP contribution in [0.25, 0.3) is 0 Å². The van der Waals surface area contributed by atoms with Crippen LogP contribution in [-0.2, 0) is 19.8 Å². The van der Waals surface area contributed by atoms with E-state index in [1.807, 2.05) is 5.32 Å². The van der Waals surface area contributed by atoms with Gasteiger partial charge in [0.2, 0.25) is 11.8 Å². The fourth-order valence-corrected chi connectivity index (χ4v) is 2.20. The van der Waals surface area contributed by atoms with Crippen LogP contribution in [0, 0.1) is 0 Å². The van der Waals surface area contributed by atoms with Crippen molar-refractivity contribution >= 4 is 22.0 Å². The van der Waals surface area contributed by atoms with Gasteiger partial charge in [0.15, 0.2) is 0 Å². The second-order valence-corrected chi connectivity index (χ2v) is 4.43. The van der Waals surface area contributed by atoms with E-state index >= 15 is 0 Å². The highest BCUT2D eigenvalue weighted by molar-refractivity contribution is 7.86. The molecule has 0 radical (unpaired) electrons. The minimum atomic E-state index is -4.00. The molecular weight excluding hydrogens is 210 g/mol. The van der Waals surface area contributed by atoms with Gasteiger partial charge in [-0.15, -0.1) is 0 Å². The highest BCUT2D eigenvalue weighted by Gasteiger charge is 2.38. The van der Waals surface area contributed by atoms with Crippen LogP contribution in [0.2, 0.25) is 0 Å². The maximum Gasteiger partial charge on any atom is 0.278 e. The number of piperazine rings is 1. The zero-order valence-corrected chi connectivity index (χ0v) is 8.37. The van der Waals surface area contributed by atoms with Crippen LogP contribution in [0.4, 0.5) is 0 Å². The molecule has 0 aromatic carbocycles. The third-order valence-corrected chi connectivity index (χ3v) is 2.96. The zero-order chi connectivity index (χ0) is 10.9. The highest BCUT2D eigenvalue weighted by atomic mass is 32.2. The summed E-state index contributed by atoms with van der Waals surface area (Å²) in [6, 6.07) is -0.886. The largest absolute Gasteiger partial charge is 0.294 e. The van der Waals surface area contributed by atoms with Crippen molar-refractivity contribution in [1.29, 1.82) is 0 Å². The van der Waals surface area contributed by atoms with Crippen molar-refractivity contribution in [2.45, 2.75) is 19.4 Å². The highest BCUT2D eigenvalue weighted by Crippen LogP contribution is 2.11. The summed E-state index contributed by atoms with van der Waals surface area (Å²) in [6.07, 6.45) is 0.273. The lowest BCUT2D eigenvalue weighted by atomic mass is 10.2. The second kappa shape index (κ2) is 3.64. The van der Waals surface area contributed by atoms with E-state index in [9.17, 15) is 18.0 Å². The zero-order valence-electron chi connectivity index (χ0n) is 7.56. The number of nitrogens with one attached hydrogen (secondary N) is 1. The molecular formula is C6H11N3O4S. The van der Waals surface area contributed by atoms with Gasteiger partial charge in [-0.25, -0.2) is 5.14 Å². The second-order valence-electron chi connectivity index (χ2n) is 2.93. The Morgan fingerprint density at radius 1 is 1.57 bits per heavy atom. The molecule has 80 valence electrons. The molecule has 1 saturated heterocycles. The minimum Gasteiger partial charge on any atom is -0.294 e. The topological polar surface area (TPSA) is 110 Å². The van der Waals surface area contributed by atoms with Crippen LogP contribution < -0.4 is 10.5 Å². The van der Waals surface area contributed by atoms with Crippen LogP contribution in [0.15, 0.2) is 0 Å². The molecule has 1 atom stereocenters.